The van der Waals surface area contributed by atoms with E-state index in [4.69, 9.17) is 18.9 Å². The van der Waals surface area contributed by atoms with E-state index in [0.29, 0.717) is 18.0 Å². The van der Waals surface area contributed by atoms with Crippen LogP contribution in [0.25, 0.3) is 0 Å². The predicted octanol–water partition coefficient (Wildman–Crippen LogP) is 2.57. The van der Waals surface area contributed by atoms with E-state index in [9.17, 15) is 9.59 Å². The Hall–Kier alpha value is -3.22. The Balaban J connectivity index is 2.06. The number of esters is 1. The minimum absolute atomic E-state index is 0.182. The van der Waals surface area contributed by atoms with Crippen LogP contribution in [0.15, 0.2) is 42.5 Å². The first kappa shape index (κ1) is 20.1. The van der Waals surface area contributed by atoms with E-state index < -0.39 is 12.1 Å². The summed E-state index contributed by atoms with van der Waals surface area (Å²) in [5, 5.41) is 2.79. The molecule has 2 aromatic rings. The molecule has 0 heterocycles. The van der Waals surface area contributed by atoms with E-state index in [1.165, 1.54) is 20.3 Å². The molecule has 0 saturated heterocycles. The maximum atomic E-state index is 12.4. The second-order valence-corrected chi connectivity index (χ2v) is 5.64. The second kappa shape index (κ2) is 9.47. The number of carbonyl (C=O) groups is 2. The van der Waals surface area contributed by atoms with Crippen molar-refractivity contribution in [2.75, 3.05) is 21.3 Å². The predicted molar refractivity (Wildman–Crippen MR) is 99.3 cm³/mol. The molecule has 7 nitrogen and oxygen atoms in total. The number of methoxy groups -OCH3 is 3. The second-order valence-electron chi connectivity index (χ2n) is 5.64. The lowest BCUT2D eigenvalue weighted by atomic mass is 10.2. The zero-order chi connectivity index (χ0) is 19.8. The van der Waals surface area contributed by atoms with E-state index >= 15 is 0 Å². The van der Waals surface area contributed by atoms with E-state index in [2.05, 4.69) is 5.32 Å². The minimum Gasteiger partial charge on any atom is -0.497 e. The van der Waals surface area contributed by atoms with Crippen molar-refractivity contribution >= 4 is 11.9 Å². The molecule has 0 aromatic heterocycles. The van der Waals surface area contributed by atoms with Crippen molar-refractivity contribution in [3.05, 3.63) is 53.6 Å². The van der Waals surface area contributed by atoms with Crippen molar-refractivity contribution in [3.63, 3.8) is 0 Å². The van der Waals surface area contributed by atoms with Crippen molar-refractivity contribution in [3.8, 4) is 17.2 Å². The van der Waals surface area contributed by atoms with Crippen LogP contribution in [-0.2, 0) is 16.1 Å². The molecule has 0 aliphatic rings. The number of para-hydroxylation sites is 1. The number of rotatable bonds is 8. The Labute approximate surface area is 158 Å². The van der Waals surface area contributed by atoms with Gasteiger partial charge in [-0.15, -0.1) is 0 Å². The lowest BCUT2D eigenvalue weighted by Crippen LogP contribution is -2.36. The van der Waals surface area contributed by atoms with Crippen molar-refractivity contribution in [2.45, 2.75) is 19.6 Å². The van der Waals surface area contributed by atoms with Gasteiger partial charge in [0.15, 0.2) is 6.10 Å². The normalized spacial score (nSPS) is 11.3. The van der Waals surface area contributed by atoms with Crippen molar-refractivity contribution in [1.29, 1.82) is 0 Å². The van der Waals surface area contributed by atoms with Gasteiger partial charge in [-0.25, -0.2) is 4.79 Å². The summed E-state index contributed by atoms with van der Waals surface area (Å²) in [7, 11) is 4.34. The topological polar surface area (TPSA) is 83.1 Å². The number of carbonyl (C=O) groups excluding carboxylic acids is 2. The highest BCUT2D eigenvalue weighted by atomic mass is 16.5. The summed E-state index contributed by atoms with van der Waals surface area (Å²) in [5.41, 5.74) is 1.03. The average molecular weight is 373 g/mol. The van der Waals surface area contributed by atoms with Gasteiger partial charge in [-0.2, -0.15) is 0 Å². The summed E-state index contributed by atoms with van der Waals surface area (Å²) in [5.74, 6) is 0.506. The van der Waals surface area contributed by atoms with Gasteiger partial charge < -0.3 is 24.3 Å². The smallest absolute Gasteiger partial charge is 0.341 e. The van der Waals surface area contributed by atoms with E-state index in [0.717, 1.165) is 5.56 Å². The number of ether oxygens (including phenoxy) is 4. The first-order valence-electron chi connectivity index (χ1n) is 8.32. The molecule has 1 amide bonds. The van der Waals surface area contributed by atoms with Gasteiger partial charge in [-0.1, -0.05) is 18.2 Å². The van der Waals surface area contributed by atoms with Crippen LogP contribution in [0.2, 0.25) is 0 Å². The van der Waals surface area contributed by atoms with Crippen molar-refractivity contribution in [1.82, 2.24) is 5.32 Å². The van der Waals surface area contributed by atoms with E-state index in [1.807, 2.05) is 24.3 Å². The molecule has 27 heavy (non-hydrogen) atoms. The maximum Gasteiger partial charge on any atom is 0.341 e. The van der Waals surface area contributed by atoms with Gasteiger partial charge in [0.1, 0.15) is 22.8 Å². The fraction of sp³-hybridized carbons (Fsp3) is 0.300. The lowest BCUT2D eigenvalue weighted by molar-refractivity contribution is -0.127. The van der Waals surface area contributed by atoms with Crippen molar-refractivity contribution in [2.24, 2.45) is 0 Å². The van der Waals surface area contributed by atoms with Crippen LogP contribution in [0, 0.1) is 0 Å². The molecule has 0 unspecified atom stereocenters. The van der Waals surface area contributed by atoms with Gasteiger partial charge in [0, 0.05) is 12.1 Å². The summed E-state index contributed by atoms with van der Waals surface area (Å²) in [6, 6.07) is 12.1. The van der Waals surface area contributed by atoms with Crippen LogP contribution in [0.5, 0.6) is 17.2 Å². The van der Waals surface area contributed by atoms with Crippen LogP contribution < -0.4 is 19.5 Å². The Kier molecular flexibility index (Phi) is 7.05. The highest BCUT2D eigenvalue weighted by Crippen LogP contribution is 2.26. The van der Waals surface area contributed by atoms with Crippen molar-refractivity contribution < 1.29 is 28.5 Å². The summed E-state index contributed by atoms with van der Waals surface area (Å²) in [6.45, 7) is 1.89. The molecule has 1 atom stereocenters. The highest BCUT2D eigenvalue weighted by Gasteiger charge is 2.20. The Bertz CT molecular complexity index is 805. The highest BCUT2D eigenvalue weighted by molar-refractivity contribution is 5.93. The number of hydrogen-bond donors (Lipinski definition) is 1. The minimum atomic E-state index is -0.823. The molecular weight excluding hydrogens is 350 g/mol. The van der Waals surface area contributed by atoms with Crippen LogP contribution in [0.3, 0.4) is 0 Å². The van der Waals surface area contributed by atoms with Gasteiger partial charge >= 0.3 is 5.97 Å². The fourth-order valence-corrected chi connectivity index (χ4v) is 2.43. The lowest BCUT2D eigenvalue weighted by Gasteiger charge is -2.17. The van der Waals surface area contributed by atoms with E-state index in [-0.39, 0.29) is 17.2 Å². The molecule has 0 aliphatic heterocycles. The van der Waals surface area contributed by atoms with Gasteiger partial charge in [0.2, 0.25) is 0 Å². The van der Waals surface area contributed by atoms with Crippen LogP contribution in [-0.4, -0.2) is 39.3 Å². The third-order valence-corrected chi connectivity index (χ3v) is 3.91. The number of nitrogens with one attached hydrogen (secondary N) is 1. The average Bonchev–Trinajstić information content (AvgIpc) is 2.71. The van der Waals surface area contributed by atoms with Gasteiger partial charge in [0.25, 0.3) is 5.91 Å². The fourth-order valence-electron chi connectivity index (χ4n) is 2.43. The summed E-state index contributed by atoms with van der Waals surface area (Å²) in [6.07, 6.45) is -0.823. The summed E-state index contributed by atoms with van der Waals surface area (Å²) >= 11 is 0. The zero-order valence-electron chi connectivity index (χ0n) is 15.8. The summed E-state index contributed by atoms with van der Waals surface area (Å²) < 4.78 is 20.8. The first-order valence-corrected chi connectivity index (χ1v) is 8.32. The van der Waals surface area contributed by atoms with Gasteiger partial charge in [-0.3, -0.25) is 4.79 Å². The Morgan fingerprint density at radius 3 is 2.41 bits per heavy atom. The number of benzene rings is 2. The van der Waals surface area contributed by atoms with E-state index in [1.54, 1.807) is 26.2 Å². The molecule has 7 heteroatoms. The van der Waals surface area contributed by atoms with Crippen LogP contribution in [0.4, 0.5) is 0 Å². The van der Waals surface area contributed by atoms with Crippen LogP contribution >= 0.6 is 0 Å². The number of hydrogen-bond acceptors (Lipinski definition) is 6. The Morgan fingerprint density at radius 2 is 1.74 bits per heavy atom. The first-order chi connectivity index (χ1) is 13.0. The molecule has 2 rings (SSSR count). The molecule has 1 N–H and O–H groups in total. The SMILES string of the molecule is COC(=O)c1cc(OC)ccc1O[C@@H](C)C(=O)NCc1ccccc1OC. The quantitative estimate of drug-likeness (QED) is 0.716. The Morgan fingerprint density at radius 1 is 1.00 bits per heavy atom. The molecule has 144 valence electrons. The zero-order valence-corrected chi connectivity index (χ0v) is 15.8. The standard InChI is InChI=1S/C20H23NO6/c1-13(19(22)21-12-14-7-5-6-8-17(14)25-3)27-18-10-9-15(24-2)11-16(18)20(23)26-4/h5-11,13H,12H2,1-4H3,(H,21,22)/t13-/m0/s1. The van der Waals surface area contributed by atoms with Gasteiger partial charge in [0.05, 0.1) is 21.3 Å². The molecular formula is C20H23NO6. The molecule has 0 saturated carbocycles. The molecule has 0 bridgehead atoms. The molecule has 0 aliphatic carbocycles. The number of amides is 1. The molecule has 2 aromatic carbocycles. The third-order valence-electron chi connectivity index (χ3n) is 3.91. The van der Waals surface area contributed by atoms with Crippen LogP contribution in [0.1, 0.15) is 22.8 Å². The molecule has 0 radical (unpaired) electrons. The molecule has 0 spiro atoms. The molecule has 0 fully saturated rings. The maximum absolute atomic E-state index is 12.4. The monoisotopic (exact) mass is 373 g/mol. The largest absolute Gasteiger partial charge is 0.497 e. The van der Waals surface area contributed by atoms with Gasteiger partial charge in [-0.05, 0) is 31.2 Å². The summed E-state index contributed by atoms with van der Waals surface area (Å²) in [4.78, 5) is 24.3. The third kappa shape index (κ3) is 5.13.